The maximum atomic E-state index is 11.8. The summed E-state index contributed by atoms with van der Waals surface area (Å²) in [6, 6.07) is 8.13. The number of nitrogens with zero attached hydrogens (tertiary/aromatic N) is 2. The Labute approximate surface area is 163 Å². The van der Waals surface area contributed by atoms with Gasteiger partial charge in [-0.05, 0) is 43.4 Å². The standard InChI is InChI=1S/C21H34N4O2/c1-4-22-21(23-12-6-14-27-16-17(2)3)24-15-18-8-10-19(11-9-18)25-13-5-7-20(25)26/h8-11,17H,4-7,12-16H2,1-3H3,(H2,22,23,24). The monoisotopic (exact) mass is 374 g/mol. The lowest BCUT2D eigenvalue weighted by Crippen LogP contribution is -2.38. The molecule has 0 radical (unpaired) electrons. The maximum absolute atomic E-state index is 11.8. The number of carbonyl (C=O) groups excluding carboxylic acids is 1. The van der Waals surface area contributed by atoms with Crippen LogP contribution in [0.15, 0.2) is 29.3 Å². The molecule has 1 aliphatic heterocycles. The number of ether oxygens (including phenoxy) is 1. The summed E-state index contributed by atoms with van der Waals surface area (Å²) in [7, 11) is 0. The van der Waals surface area contributed by atoms with E-state index in [1.54, 1.807) is 0 Å². The minimum Gasteiger partial charge on any atom is -0.381 e. The molecule has 1 amide bonds. The van der Waals surface area contributed by atoms with Crippen molar-refractivity contribution >= 4 is 17.6 Å². The molecule has 27 heavy (non-hydrogen) atoms. The zero-order chi connectivity index (χ0) is 19.5. The third kappa shape index (κ3) is 7.59. The molecule has 2 N–H and O–H groups in total. The van der Waals surface area contributed by atoms with Gasteiger partial charge in [-0.3, -0.25) is 4.79 Å². The number of aliphatic imine (C=N–C) groups is 1. The summed E-state index contributed by atoms with van der Waals surface area (Å²) in [6.45, 7) is 11.0. The molecule has 1 heterocycles. The first kappa shape index (κ1) is 21.2. The number of carbonyl (C=O) groups is 1. The quantitative estimate of drug-likeness (QED) is 0.375. The Hall–Kier alpha value is -2.08. The number of hydrogen-bond donors (Lipinski definition) is 2. The number of guanidine groups is 1. The van der Waals surface area contributed by atoms with Gasteiger partial charge >= 0.3 is 0 Å². The highest BCUT2D eigenvalue weighted by atomic mass is 16.5. The molecule has 0 aromatic heterocycles. The molecule has 150 valence electrons. The third-order valence-electron chi connectivity index (χ3n) is 4.29. The van der Waals surface area contributed by atoms with Gasteiger partial charge in [-0.1, -0.05) is 26.0 Å². The van der Waals surface area contributed by atoms with Gasteiger partial charge in [0.05, 0.1) is 6.54 Å². The van der Waals surface area contributed by atoms with Gasteiger partial charge in [-0.2, -0.15) is 0 Å². The molecule has 1 fully saturated rings. The van der Waals surface area contributed by atoms with Gasteiger partial charge in [0.1, 0.15) is 0 Å². The Morgan fingerprint density at radius 1 is 1.26 bits per heavy atom. The van der Waals surface area contributed by atoms with Crippen molar-refractivity contribution < 1.29 is 9.53 Å². The number of amides is 1. The fourth-order valence-electron chi connectivity index (χ4n) is 2.91. The van der Waals surface area contributed by atoms with Crippen molar-refractivity contribution in [3.05, 3.63) is 29.8 Å². The third-order valence-corrected chi connectivity index (χ3v) is 4.29. The van der Waals surface area contributed by atoms with Gasteiger partial charge in [0.2, 0.25) is 5.91 Å². The van der Waals surface area contributed by atoms with E-state index in [-0.39, 0.29) is 5.91 Å². The summed E-state index contributed by atoms with van der Waals surface area (Å²) in [6.07, 6.45) is 2.56. The van der Waals surface area contributed by atoms with Crippen LogP contribution in [0, 0.1) is 5.92 Å². The van der Waals surface area contributed by atoms with Gasteiger partial charge in [0.15, 0.2) is 5.96 Å². The molecule has 0 atom stereocenters. The van der Waals surface area contributed by atoms with Crippen LogP contribution >= 0.6 is 0 Å². The molecular weight excluding hydrogens is 340 g/mol. The van der Waals surface area contributed by atoms with Crippen molar-refractivity contribution in [2.24, 2.45) is 10.9 Å². The van der Waals surface area contributed by atoms with E-state index in [1.807, 2.05) is 29.2 Å². The first-order chi connectivity index (χ1) is 13.1. The van der Waals surface area contributed by atoms with Crippen LogP contribution in [0.3, 0.4) is 0 Å². The van der Waals surface area contributed by atoms with Gasteiger partial charge in [0.25, 0.3) is 0 Å². The van der Waals surface area contributed by atoms with E-state index < -0.39 is 0 Å². The first-order valence-corrected chi connectivity index (χ1v) is 10.1. The highest BCUT2D eigenvalue weighted by Gasteiger charge is 2.21. The first-order valence-electron chi connectivity index (χ1n) is 10.1. The van der Waals surface area contributed by atoms with Gasteiger partial charge < -0.3 is 20.3 Å². The fourth-order valence-corrected chi connectivity index (χ4v) is 2.91. The molecule has 2 rings (SSSR count). The van der Waals surface area contributed by atoms with Crippen molar-refractivity contribution in [1.82, 2.24) is 10.6 Å². The van der Waals surface area contributed by atoms with Gasteiger partial charge in [-0.15, -0.1) is 0 Å². The van der Waals surface area contributed by atoms with E-state index in [4.69, 9.17) is 4.74 Å². The lowest BCUT2D eigenvalue weighted by atomic mass is 10.2. The number of hydrogen-bond acceptors (Lipinski definition) is 3. The molecular formula is C21H34N4O2. The second-order valence-electron chi connectivity index (χ2n) is 7.26. The second kappa shape index (κ2) is 11.6. The molecule has 6 nitrogen and oxygen atoms in total. The normalized spacial score (nSPS) is 14.9. The second-order valence-corrected chi connectivity index (χ2v) is 7.26. The highest BCUT2D eigenvalue weighted by Crippen LogP contribution is 2.21. The molecule has 0 spiro atoms. The van der Waals surface area contributed by atoms with Crippen LogP contribution in [0.5, 0.6) is 0 Å². The minimum atomic E-state index is 0.219. The maximum Gasteiger partial charge on any atom is 0.227 e. The summed E-state index contributed by atoms with van der Waals surface area (Å²) in [5, 5.41) is 6.62. The Morgan fingerprint density at radius 3 is 2.67 bits per heavy atom. The Morgan fingerprint density at radius 2 is 2.04 bits per heavy atom. The number of nitrogens with one attached hydrogen (secondary N) is 2. The van der Waals surface area contributed by atoms with E-state index in [2.05, 4.69) is 36.4 Å². The van der Waals surface area contributed by atoms with Gasteiger partial charge in [0, 0.05) is 45.0 Å². The van der Waals surface area contributed by atoms with Crippen molar-refractivity contribution in [3.63, 3.8) is 0 Å². The van der Waals surface area contributed by atoms with E-state index in [0.29, 0.717) is 18.9 Å². The van der Waals surface area contributed by atoms with E-state index in [1.165, 1.54) is 0 Å². The SMILES string of the molecule is CCNC(=NCc1ccc(N2CCCC2=O)cc1)NCCCOCC(C)C. The highest BCUT2D eigenvalue weighted by molar-refractivity contribution is 5.95. The molecule has 1 aromatic rings. The largest absolute Gasteiger partial charge is 0.381 e. The van der Waals surface area contributed by atoms with Crippen LogP contribution in [0.2, 0.25) is 0 Å². The summed E-state index contributed by atoms with van der Waals surface area (Å²) >= 11 is 0. The average molecular weight is 375 g/mol. The predicted octanol–water partition coefficient (Wildman–Crippen LogP) is 2.93. The Bertz CT molecular complexity index is 599. The summed E-state index contributed by atoms with van der Waals surface area (Å²) in [4.78, 5) is 18.3. The van der Waals surface area contributed by atoms with Crippen molar-refractivity contribution in [3.8, 4) is 0 Å². The molecule has 0 aliphatic carbocycles. The van der Waals surface area contributed by atoms with Crippen LogP contribution in [-0.4, -0.2) is 44.7 Å². The molecule has 0 unspecified atom stereocenters. The lowest BCUT2D eigenvalue weighted by molar-refractivity contribution is -0.117. The van der Waals surface area contributed by atoms with E-state index in [0.717, 1.165) is 62.9 Å². The Kier molecular flexibility index (Phi) is 9.11. The molecule has 1 saturated heterocycles. The molecule has 1 aromatic carbocycles. The smallest absolute Gasteiger partial charge is 0.227 e. The minimum absolute atomic E-state index is 0.219. The summed E-state index contributed by atoms with van der Waals surface area (Å²) < 4.78 is 5.60. The van der Waals surface area contributed by atoms with E-state index >= 15 is 0 Å². The van der Waals surface area contributed by atoms with Crippen LogP contribution in [0.4, 0.5) is 5.69 Å². The van der Waals surface area contributed by atoms with Crippen molar-refractivity contribution in [1.29, 1.82) is 0 Å². The fraction of sp³-hybridized carbons (Fsp3) is 0.619. The molecule has 0 bridgehead atoms. The van der Waals surface area contributed by atoms with Crippen molar-refractivity contribution in [2.45, 2.75) is 46.6 Å². The van der Waals surface area contributed by atoms with Crippen LogP contribution in [-0.2, 0) is 16.1 Å². The zero-order valence-corrected chi connectivity index (χ0v) is 17.0. The van der Waals surface area contributed by atoms with Crippen LogP contribution in [0.25, 0.3) is 0 Å². The average Bonchev–Trinajstić information content (AvgIpc) is 3.08. The lowest BCUT2D eigenvalue weighted by Gasteiger charge is -2.16. The molecule has 0 saturated carbocycles. The van der Waals surface area contributed by atoms with E-state index in [9.17, 15) is 4.79 Å². The van der Waals surface area contributed by atoms with Crippen LogP contribution in [0.1, 0.15) is 45.6 Å². The summed E-state index contributed by atoms with van der Waals surface area (Å²) in [5.41, 5.74) is 2.11. The number of anilines is 1. The topological polar surface area (TPSA) is 66.0 Å². The number of benzene rings is 1. The Balaban J connectivity index is 1.78. The van der Waals surface area contributed by atoms with Gasteiger partial charge in [-0.25, -0.2) is 4.99 Å². The number of rotatable bonds is 10. The summed E-state index contributed by atoms with van der Waals surface area (Å²) in [5.74, 6) is 1.61. The van der Waals surface area contributed by atoms with Crippen LogP contribution < -0.4 is 15.5 Å². The predicted molar refractivity (Wildman–Crippen MR) is 111 cm³/mol. The van der Waals surface area contributed by atoms with Crippen molar-refractivity contribution in [2.75, 3.05) is 37.7 Å². The molecule has 1 aliphatic rings. The molecule has 6 heteroatoms. The zero-order valence-electron chi connectivity index (χ0n) is 17.0.